The topological polar surface area (TPSA) is 105 Å². The van der Waals surface area contributed by atoms with Crippen LogP contribution in [0.15, 0.2) is 72.2 Å². The number of nitroso groups, excluding NO2 is 1. The summed E-state index contributed by atoms with van der Waals surface area (Å²) < 4.78 is 7.59. The molecular formula is C29H31ClN4O4. The van der Waals surface area contributed by atoms with Crippen LogP contribution in [0.5, 0.6) is 5.75 Å². The number of benzene rings is 2. The van der Waals surface area contributed by atoms with Gasteiger partial charge in [-0.25, -0.2) is 4.98 Å². The first-order valence-corrected chi connectivity index (χ1v) is 13.0. The van der Waals surface area contributed by atoms with E-state index in [2.05, 4.69) is 10.5 Å². The van der Waals surface area contributed by atoms with Crippen LogP contribution in [0.2, 0.25) is 5.02 Å². The van der Waals surface area contributed by atoms with E-state index in [1.807, 2.05) is 67.0 Å². The number of nitrogens with zero attached hydrogens (tertiary/aromatic N) is 3. The highest BCUT2D eigenvalue weighted by Crippen LogP contribution is 2.27. The van der Waals surface area contributed by atoms with E-state index in [9.17, 15) is 14.8 Å². The molecule has 38 heavy (non-hydrogen) atoms. The number of carbonyl (C=O) groups excluding carboxylic acids is 1. The van der Waals surface area contributed by atoms with Crippen LogP contribution >= 0.6 is 11.6 Å². The highest BCUT2D eigenvalue weighted by Gasteiger charge is 2.17. The molecule has 1 amide bonds. The molecule has 0 unspecified atom stereocenters. The average Bonchev–Trinajstić information content (AvgIpc) is 3.34. The van der Waals surface area contributed by atoms with Gasteiger partial charge in [-0.2, -0.15) is 4.91 Å². The van der Waals surface area contributed by atoms with Crippen molar-refractivity contribution >= 4 is 23.2 Å². The second kappa shape index (κ2) is 12.7. The van der Waals surface area contributed by atoms with Crippen LogP contribution in [0.25, 0.3) is 16.9 Å². The zero-order valence-electron chi connectivity index (χ0n) is 21.4. The summed E-state index contributed by atoms with van der Waals surface area (Å²) in [4.78, 5) is 28.2. The molecule has 2 aromatic carbocycles. The van der Waals surface area contributed by atoms with Crippen LogP contribution in [0.3, 0.4) is 0 Å². The van der Waals surface area contributed by atoms with E-state index in [0.29, 0.717) is 35.6 Å². The Morgan fingerprint density at radius 1 is 1.18 bits per heavy atom. The van der Waals surface area contributed by atoms with Gasteiger partial charge in [0.25, 0.3) is 5.91 Å². The van der Waals surface area contributed by atoms with Gasteiger partial charge < -0.3 is 19.6 Å². The summed E-state index contributed by atoms with van der Waals surface area (Å²) in [6.07, 6.45) is 5.38. The number of ether oxygens (including phenoxy) is 1. The largest absolute Gasteiger partial charge is 0.489 e. The molecule has 0 fully saturated rings. The van der Waals surface area contributed by atoms with Gasteiger partial charge in [-0.1, -0.05) is 47.1 Å². The third-order valence-corrected chi connectivity index (χ3v) is 6.43. The molecule has 0 aliphatic rings. The number of hydrogen-bond donors (Lipinski definition) is 2. The number of hydrogen-bond acceptors (Lipinski definition) is 6. The fraction of sp³-hybridized carbons (Fsp3) is 0.310. The molecule has 0 aliphatic carbocycles. The molecule has 0 bridgehead atoms. The molecule has 2 heterocycles. The molecule has 198 valence electrons. The fourth-order valence-corrected chi connectivity index (χ4v) is 4.53. The standard InChI is InChI=1S/C29H31ClN4O4/c1-19(2)38-27-10-9-23(17-25(27)30)29(36)32-24(12-15-35)16-20-5-7-21(8-6-20)26-18-34-14-3-4-22(11-13-31-37)28(34)33-26/h3-10,14,17-19,24,35H,11-13,15-16H2,1-2H3,(H,32,36)/t24-/m1/s1. The third kappa shape index (κ3) is 6.76. The summed E-state index contributed by atoms with van der Waals surface area (Å²) >= 11 is 6.30. The van der Waals surface area contributed by atoms with Crippen molar-refractivity contribution in [2.45, 2.75) is 45.3 Å². The first-order chi connectivity index (χ1) is 18.4. The minimum absolute atomic E-state index is 0.0244. The SMILES string of the molecule is CC(C)Oc1ccc(C(=O)N[C@H](CCO)Cc2ccc(-c3cn4cccc(CCN=O)c4n3)cc2)cc1Cl. The summed E-state index contributed by atoms with van der Waals surface area (Å²) in [6.45, 7) is 3.99. The van der Waals surface area contributed by atoms with E-state index in [4.69, 9.17) is 21.3 Å². The van der Waals surface area contributed by atoms with Crippen molar-refractivity contribution in [3.63, 3.8) is 0 Å². The van der Waals surface area contributed by atoms with Crippen LogP contribution in [-0.2, 0) is 12.8 Å². The van der Waals surface area contributed by atoms with E-state index in [1.165, 1.54) is 0 Å². The minimum atomic E-state index is -0.261. The third-order valence-electron chi connectivity index (χ3n) is 6.14. The Morgan fingerprint density at radius 3 is 2.66 bits per heavy atom. The zero-order valence-corrected chi connectivity index (χ0v) is 22.2. The van der Waals surface area contributed by atoms with Crippen molar-refractivity contribution in [3.8, 4) is 17.0 Å². The summed E-state index contributed by atoms with van der Waals surface area (Å²) in [5.74, 6) is 0.272. The molecule has 0 saturated heterocycles. The Morgan fingerprint density at radius 2 is 1.97 bits per heavy atom. The van der Waals surface area contributed by atoms with E-state index in [1.54, 1.807) is 18.2 Å². The maximum absolute atomic E-state index is 12.9. The highest BCUT2D eigenvalue weighted by molar-refractivity contribution is 6.32. The van der Waals surface area contributed by atoms with Gasteiger partial charge in [0.1, 0.15) is 11.4 Å². The van der Waals surface area contributed by atoms with E-state index < -0.39 is 0 Å². The van der Waals surface area contributed by atoms with Gasteiger partial charge in [-0.15, -0.1) is 0 Å². The Balaban J connectivity index is 1.45. The Labute approximate surface area is 226 Å². The summed E-state index contributed by atoms with van der Waals surface area (Å²) in [5, 5.41) is 15.9. The first-order valence-electron chi connectivity index (χ1n) is 12.6. The number of imidazole rings is 1. The number of rotatable bonds is 12. The first kappa shape index (κ1) is 27.3. The van der Waals surface area contributed by atoms with Gasteiger partial charge in [0, 0.05) is 36.2 Å². The predicted molar refractivity (Wildman–Crippen MR) is 149 cm³/mol. The Hall–Kier alpha value is -3.75. The summed E-state index contributed by atoms with van der Waals surface area (Å²) in [7, 11) is 0. The number of carbonyl (C=O) groups is 1. The highest BCUT2D eigenvalue weighted by atomic mass is 35.5. The van der Waals surface area contributed by atoms with Crippen molar-refractivity contribution in [3.05, 3.63) is 93.6 Å². The number of nitrogens with one attached hydrogen (secondary N) is 1. The summed E-state index contributed by atoms with van der Waals surface area (Å²) in [5.41, 5.74) is 5.01. The Bertz CT molecular complexity index is 1400. The van der Waals surface area contributed by atoms with Gasteiger partial charge in [-0.05, 0) is 68.5 Å². The number of fused-ring (bicyclic) bond motifs is 1. The van der Waals surface area contributed by atoms with Gasteiger partial charge in [0.05, 0.1) is 23.4 Å². The molecule has 8 nitrogen and oxygen atoms in total. The predicted octanol–water partition coefficient (Wildman–Crippen LogP) is 5.47. The number of aliphatic hydroxyl groups is 1. The second-order valence-electron chi connectivity index (χ2n) is 9.39. The number of amides is 1. The van der Waals surface area contributed by atoms with Crippen LogP contribution in [-0.4, -0.2) is 45.7 Å². The minimum Gasteiger partial charge on any atom is -0.489 e. The molecule has 4 rings (SSSR count). The average molecular weight is 535 g/mol. The lowest BCUT2D eigenvalue weighted by Gasteiger charge is -2.19. The zero-order chi connectivity index (χ0) is 27.1. The van der Waals surface area contributed by atoms with Crippen LogP contribution in [0.1, 0.15) is 41.8 Å². The van der Waals surface area contributed by atoms with E-state index >= 15 is 0 Å². The lowest BCUT2D eigenvalue weighted by Crippen LogP contribution is -2.37. The molecular weight excluding hydrogens is 504 g/mol. The molecule has 4 aromatic rings. The second-order valence-corrected chi connectivity index (χ2v) is 9.80. The smallest absolute Gasteiger partial charge is 0.251 e. The fourth-order valence-electron chi connectivity index (χ4n) is 4.31. The van der Waals surface area contributed by atoms with E-state index in [0.717, 1.165) is 28.0 Å². The van der Waals surface area contributed by atoms with Crippen molar-refractivity contribution in [1.29, 1.82) is 0 Å². The van der Waals surface area contributed by atoms with Gasteiger partial charge in [-0.3, -0.25) is 4.79 Å². The molecule has 0 spiro atoms. The number of halogens is 1. The lowest BCUT2D eigenvalue weighted by atomic mass is 10.0. The van der Waals surface area contributed by atoms with Crippen molar-refractivity contribution in [1.82, 2.24) is 14.7 Å². The van der Waals surface area contributed by atoms with Gasteiger partial charge in [0.15, 0.2) is 0 Å². The van der Waals surface area contributed by atoms with E-state index in [-0.39, 0.29) is 31.2 Å². The van der Waals surface area contributed by atoms with Crippen molar-refractivity contribution in [2.24, 2.45) is 5.18 Å². The van der Waals surface area contributed by atoms with Crippen LogP contribution in [0.4, 0.5) is 0 Å². The van der Waals surface area contributed by atoms with Crippen LogP contribution in [0, 0.1) is 4.91 Å². The summed E-state index contributed by atoms with van der Waals surface area (Å²) in [6, 6.07) is 16.6. The number of aliphatic hydroxyl groups excluding tert-OH is 1. The van der Waals surface area contributed by atoms with Gasteiger partial charge in [0.2, 0.25) is 0 Å². The molecule has 1 atom stereocenters. The quantitative estimate of drug-likeness (QED) is 0.234. The normalized spacial score (nSPS) is 12.0. The maximum atomic E-state index is 12.9. The molecule has 2 aromatic heterocycles. The molecule has 9 heteroatoms. The van der Waals surface area contributed by atoms with Crippen LogP contribution < -0.4 is 10.1 Å². The maximum Gasteiger partial charge on any atom is 0.251 e. The molecule has 2 N–H and O–H groups in total. The number of aromatic nitrogens is 2. The monoisotopic (exact) mass is 534 g/mol. The molecule has 0 aliphatic heterocycles. The number of pyridine rings is 1. The molecule has 0 saturated carbocycles. The van der Waals surface area contributed by atoms with Gasteiger partial charge >= 0.3 is 0 Å². The Kier molecular flexibility index (Phi) is 9.10. The van der Waals surface area contributed by atoms with Crippen molar-refractivity contribution in [2.75, 3.05) is 13.2 Å². The van der Waals surface area contributed by atoms with Crippen molar-refractivity contribution < 1.29 is 14.6 Å². The lowest BCUT2D eigenvalue weighted by molar-refractivity contribution is 0.0930. The molecule has 0 radical (unpaired) electrons.